The molecule has 3 amide bonds. The Kier molecular flexibility index (Phi) is 14.9. The molecule has 0 radical (unpaired) electrons. The Bertz CT molecular complexity index is 975. The summed E-state index contributed by atoms with van der Waals surface area (Å²) in [7, 11) is 0. The zero-order valence-corrected chi connectivity index (χ0v) is 26.9. The monoisotopic (exact) mass is 591 g/mol. The lowest BCUT2D eigenvalue weighted by atomic mass is 9.94. The van der Waals surface area contributed by atoms with Gasteiger partial charge in [-0.3, -0.25) is 9.59 Å². The number of carbonyl (C=O) groups is 3. The molecule has 2 unspecified atom stereocenters. The van der Waals surface area contributed by atoms with Crippen LogP contribution in [0.1, 0.15) is 115 Å². The number of nitrogens with zero attached hydrogens (tertiary/aromatic N) is 1. The van der Waals surface area contributed by atoms with Crippen molar-refractivity contribution >= 4 is 29.7 Å². The number of nitrogens with one attached hydrogen (secondary N) is 2. The van der Waals surface area contributed by atoms with E-state index in [2.05, 4.69) is 17.6 Å². The zero-order chi connectivity index (χ0) is 30.4. The maximum absolute atomic E-state index is 14.4. The van der Waals surface area contributed by atoms with Crippen LogP contribution in [0.2, 0.25) is 0 Å². The number of aromatic hydroxyl groups is 1. The fourth-order valence-corrected chi connectivity index (χ4v) is 5.75. The van der Waals surface area contributed by atoms with E-state index < -0.39 is 23.8 Å². The van der Waals surface area contributed by atoms with Gasteiger partial charge in [0.15, 0.2) is 0 Å². The van der Waals surface area contributed by atoms with E-state index in [1.165, 1.54) is 0 Å². The Morgan fingerprint density at radius 1 is 1.10 bits per heavy atom. The summed E-state index contributed by atoms with van der Waals surface area (Å²) in [5.74, 6) is 0.0251. The summed E-state index contributed by atoms with van der Waals surface area (Å²) in [6.45, 7) is 9.61. The number of benzene rings is 1. The lowest BCUT2D eigenvalue weighted by Gasteiger charge is -2.36. The summed E-state index contributed by atoms with van der Waals surface area (Å²) < 4.78 is 5.48. The number of para-hydroxylation sites is 1. The van der Waals surface area contributed by atoms with Gasteiger partial charge in [-0.1, -0.05) is 70.1 Å². The molecule has 0 spiro atoms. The van der Waals surface area contributed by atoms with Gasteiger partial charge in [-0.25, -0.2) is 4.79 Å². The van der Waals surface area contributed by atoms with Crippen molar-refractivity contribution in [2.45, 2.75) is 129 Å². The second kappa shape index (κ2) is 17.5. The number of aryl methyl sites for hydroxylation is 1. The van der Waals surface area contributed by atoms with Gasteiger partial charge in [0.25, 0.3) is 0 Å². The van der Waals surface area contributed by atoms with Gasteiger partial charge in [-0.05, 0) is 71.0 Å². The van der Waals surface area contributed by atoms with Gasteiger partial charge >= 0.3 is 6.09 Å². The number of hydrogen-bond donors (Lipinski definition) is 3. The molecule has 41 heavy (non-hydrogen) atoms. The minimum Gasteiger partial charge on any atom is -0.507 e. The van der Waals surface area contributed by atoms with Crippen molar-refractivity contribution in [2.24, 2.45) is 0 Å². The second-order valence-electron chi connectivity index (χ2n) is 12.2. The highest BCUT2D eigenvalue weighted by atomic mass is 32.2. The van der Waals surface area contributed by atoms with Crippen LogP contribution in [-0.4, -0.2) is 64.2 Å². The molecule has 1 aromatic carbocycles. The van der Waals surface area contributed by atoms with E-state index in [4.69, 9.17) is 4.74 Å². The molecule has 1 aliphatic carbocycles. The number of hydrogen-bond acceptors (Lipinski definition) is 6. The van der Waals surface area contributed by atoms with Crippen molar-refractivity contribution in [1.29, 1.82) is 0 Å². The number of phenolic OH excluding ortho intramolecular Hbond substituents is 1. The number of unbranched alkanes of at least 4 members (excludes halogenated alkanes) is 4. The third-order valence-corrected chi connectivity index (χ3v) is 8.10. The van der Waals surface area contributed by atoms with Crippen LogP contribution in [0, 0.1) is 6.92 Å². The fraction of sp³-hybridized carbons (Fsp3) is 0.719. The fourth-order valence-electron chi connectivity index (χ4n) is 5.28. The van der Waals surface area contributed by atoms with Gasteiger partial charge in [0.1, 0.15) is 23.4 Å². The number of alkyl carbamates (subject to hydrolysis) is 1. The molecule has 0 aromatic heterocycles. The van der Waals surface area contributed by atoms with E-state index in [1.54, 1.807) is 62.6 Å². The Hall–Kier alpha value is -2.42. The first-order chi connectivity index (χ1) is 19.5. The van der Waals surface area contributed by atoms with Gasteiger partial charge in [-0.2, -0.15) is 11.8 Å². The van der Waals surface area contributed by atoms with Crippen LogP contribution in [0.25, 0.3) is 0 Å². The number of ether oxygens (including phenoxy) is 1. The predicted molar refractivity (Wildman–Crippen MR) is 167 cm³/mol. The van der Waals surface area contributed by atoms with E-state index >= 15 is 0 Å². The minimum atomic E-state index is -1.02. The molecule has 9 heteroatoms. The van der Waals surface area contributed by atoms with Crippen molar-refractivity contribution in [1.82, 2.24) is 15.5 Å². The number of carbonyl (C=O) groups excluding carboxylic acids is 3. The minimum absolute atomic E-state index is 0.0147. The molecule has 2 rings (SSSR count). The number of phenols is 1. The van der Waals surface area contributed by atoms with Crippen LogP contribution in [-0.2, 0) is 14.3 Å². The molecule has 0 bridgehead atoms. The zero-order valence-electron chi connectivity index (χ0n) is 26.1. The first kappa shape index (κ1) is 34.8. The summed E-state index contributed by atoms with van der Waals surface area (Å²) in [5.41, 5.74) is 0.326. The quantitative estimate of drug-likeness (QED) is 0.198. The van der Waals surface area contributed by atoms with Crippen LogP contribution in [0.5, 0.6) is 5.75 Å². The molecule has 1 saturated carbocycles. The molecule has 0 aliphatic heterocycles. The third-order valence-electron chi connectivity index (χ3n) is 7.46. The smallest absolute Gasteiger partial charge is 0.408 e. The van der Waals surface area contributed by atoms with Crippen molar-refractivity contribution in [2.75, 3.05) is 18.6 Å². The molecule has 1 aromatic rings. The van der Waals surface area contributed by atoms with Crippen molar-refractivity contribution in [3.05, 3.63) is 29.3 Å². The molecular formula is C32H53N3O5S. The molecule has 3 N–H and O–H groups in total. The average Bonchev–Trinajstić information content (AvgIpc) is 2.91. The average molecular weight is 592 g/mol. The largest absolute Gasteiger partial charge is 0.507 e. The van der Waals surface area contributed by atoms with Crippen LogP contribution in [0.15, 0.2) is 18.2 Å². The van der Waals surface area contributed by atoms with Crippen LogP contribution >= 0.6 is 11.8 Å². The topological polar surface area (TPSA) is 108 Å². The first-order valence-corrected chi connectivity index (χ1v) is 16.8. The lowest BCUT2D eigenvalue weighted by Crippen LogP contribution is -2.54. The highest BCUT2D eigenvalue weighted by Crippen LogP contribution is 2.33. The highest BCUT2D eigenvalue weighted by Gasteiger charge is 2.38. The van der Waals surface area contributed by atoms with E-state index in [1.807, 2.05) is 6.26 Å². The molecular weight excluding hydrogens is 538 g/mol. The van der Waals surface area contributed by atoms with Crippen molar-refractivity contribution < 1.29 is 24.2 Å². The maximum atomic E-state index is 14.4. The summed E-state index contributed by atoms with van der Waals surface area (Å²) in [6, 6.07) is 3.47. The van der Waals surface area contributed by atoms with Gasteiger partial charge < -0.3 is 25.4 Å². The highest BCUT2D eigenvalue weighted by molar-refractivity contribution is 7.98. The first-order valence-electron chi connectivity index (χ1n) is 15.4. The van der Waals surface area contributed by atoms with Gasteiger partial charge in [0, 0.05) is 18.2 Å². The second-order valence-corrected chi connectivity index (χ2v) is 13.2. The molecule has 232 valence electrons. The lowest BCUT2D eigenvalue weighted by molar-refractivity contribution is -0.143. The molecule has 2 atom stereocenters. The number of amides is 3. The van der Waals surface area contributed by atoms with Crippen molar-refractivity contribution in [3.63, 3.8) is 0 Å². The van der Waals surface area contributed by atoms with Crippen LogP contribution in [0.4, 0.5) is 4.79 Å². The van der Waals surface area contributed by atoms with E-state index in [-0.39, 0.29) is 23.6 Å². The van der Waals surface area contributed by atoms with Crippen LogP contribution < -0.4 is 10.6 Å². The van der Waals surface area contributed by atoms with Gasteiger partial charge in [0.2, 0.25) is 11.8 Å². The van der Waals surface area contributed by atoms with Gasteiger partial charge in [-0.15, -0.1) is 0 Å². The predicted octanol–water partition coefficient (Wildman–Crippen LogP) is 6.64. The van der Waals surface area contributed by atoms with Crippen molar-refractivity contribution in [3.8, 4) is 5.75 Å². The normalized spacial score (nSPS) is 15.6. The maximum Gasteiger partial charge on any atom is 0.408 e. The van der Waals surface area contributed by atoms with Gasteiger partial charge in [0.05, 0.1) is 0 Å². The summed E-state index contributed by atoms with van der Waals surface area (Å²) in [4.78, 5) is 42.8. The summed E-state index contributed by atoms with van der Waals surface area (Å²) in [5, 5.41) is 17.1. The number of rotatable bonds is 15. The Morgan fingerprint density at radius 2 is 1.78 bits per heavy atom. The summed E-state index contributed by atoms with van der Waals surface area (Å²) >= 11 is 1.58. The van der Waals surface area contributed by atoms with E-state index in [0.29, 0.717) is 36.3 Å². The number of thioether (sulfide) groups is 1. The Morgan fingerprint density at radius 3 is 2.41 bits per heavy atom. The third kappa shape index (κ3) is 11.8. The molecule has 1 aliphatic rings. The Labute approximate surface area is 251 Å². The molecule has 0 saturated heterocycles. The Balaban J connectivity index is 2.49. The molecule has 0 heterocycles. The van der Waals surface area contributed by atoms with Crippen LogP contribution in [0.3, 0.4) is 0 Å². The van der Waals surface area contributed by atoms with E-state index in [9.17, 15) is 19.5 Å². The summed E-state index contributed by atoms with van der Waals surface area (Å²) in [6.07, 6.45) is 11.6. The molecule has 8 nitrogen and oxygen atoms in total. The SMILES string of the molecule is CCCCCCCN(C(=O)C(CCSC)NC(=O)OC(C)(C)C)C(C(=O)NC1CCCCC1)c1cccc(C)c1O. The molecule has 1 fully saturated rings. The standard InChI is InChI=1S/C32H53N3O5S/c1-7-8-9-10-14-21-35(30(38)26(20-22-41-6)34-31(39)40-32(3,4)5)27(25-19-15-16-23(2)28(25)36)29(37)33-24-17-12-11-13-18-24/h15-16,19,24,26-27,36H,7-14,17-18,20-22H2,1-6H3,(H,33,37)(H,34,39). The van der Waals surface area contributed by atoms with E-state index in [0.717, 1.165) is 57.8 Å².